The van der Waals surface area contributed by atoms with Gasteiger partial charge in [-0.25, -0.2) is 0 Å². The highest BCUT2D eigenvalue weighted by molar-refractivity contribution is 5.73. The van der Waals surface area contributed by atoms with Crippen molar-refractivity contribution >= 4 is 5.97 Å². The fourth-order valence-electron chi connectivity index (χ4n) is 2.35. The van der Waals surface area contributed by atoms with E-state index in [9.17, 15) is 9.90 Å². The maximum Gasteiger partial charge on any atom is 0.311 e. The van der Waals surface area contributed by atoms with Gasteiger partial charge in [0.05, 0.1) is 19.1 Å². The number of aliphatic hydroxyl groups is 1. The predicted octanol–water partition coefficient (Wildman–Crippen LogP) is 1.12. The van der Waals surface area contributed by atoms with Crippen LogP contribution in [0, 0.1) is 5.92 Å². The van der Waals surface area contributed by atoms with Gasteiger partial charge in [0.1, 0.15) is 5.60 Å². The Kier molecular flexibility index (Phi) is 4.11. The molecule has 4 nitrogen and oxygen atoms in total. The number of hydrogen-bond donors (Lipinski definition) is 1. The third kappa shape index (κ3) is 2.32. The zero-order valence-electron chi connectivity index (χ0n) is 9.66. The Balaban J connectivity index is 2.80. The molecule has 0 aromatic rings. The third-order valence-corrected chi connectivity index (χ3v) is 3.44. The molecule has 0 aliphatic heterocycles. The molecule has 1 fully saturated rings. The van der Waals surface area contributed by atoms with Gasteiger partial charge >= 0.3 is 5.97 Å². The minimum atomic E-state index is -1.07. The number of methoxy groups -OCH3 is 2. The minimum Gasteiger partial charge on any atom is -0.469 e. The van der Waals surface area contributed by atoms with Crippen LogP contribution in [0.15, 0.2) is 0 Å². The normalized spacial score (nSPS) is 33.5. The quantitative estimate of drug-likeness (QED) is 0.718. The lowest BCUT2D eigenvalue weighted by molar-refractivity contribution is -0.176. The highest BCUT2D eigenvalue weighted by Gasteiger charge is 2.47. The van der Waals surface area contributed by atoms with Crippen molar-refractivity contribution in [3.8, 4) is 0 Å². The molecule has 0 saturated heterocycles. The lowest BCUT2D eigenvalue weighted by Gasteiger charge is -2.41. The van der Waals surface area contributed by atoms with Crippen molar-refractivity contribution in [2.75, 3.05) is 14.2 Å². The first-order chi connectivity index (χ1) is 7.06. The molecule has 0 spiro atoms. The number of ether oxygens (including phenoxy) is 2. The molecule has 0 heterocycles. The molecule has 15 heavy (non-hydrogen) atoms. The lowest BCUT2D eigenvalue weighted by Crippen LogP contribution is -2.53. The number of esters is 1. The van der Waals surface area contributed by atoms with E-state index in [4.69, 9.17) is 4.74 Å². The van der Waals surface area contributed by atoms with E-state index in [0.717, 1.165) is 19.3 Å². The zero-order chi connectivity index (χ0) is 11.5. The summed E-state index contributed by atoms with van der Waals surface area (Å²) in [5.74, 6) is -0.908. The molecule has 0 bridgehead atoms. The molecule has 1 rings (SSSR count). The first kappa shape index (κ1) is 12.5. The highest BCUT2D eigenvalue weighted by atomic mass is 16.5. The van der Waals surface area contributed by atoms with Gasteiger partial charge in [-0.15, -0.1) is 0 Å². The summed E-state index contributed by atoms with van der Waals surface area (Å²) in [6, 6.07) is 0. The van der Waals surface area contributed by atoms with Crippen molar-refractivity contribution in [3.05, 3.63) is 0 Å². The molecule has 0 amide bonds. The first-order valence-electron chi connectivity index (χ1n) is 5.39. The van der Waals surface area contributed by atoms with Crippen LogP contribution in [0.4, 0.5) is 0 Å². The topological polar surface area (TPSA) is 55.8 Å². The van der Waals surface area contributed by atoms with Gasteiger partial charge in [-0.1, -0.05) is 12.8 Å². The largest absolute Gasteiger partial charge is 0.469 e. The summed E-state index contributed by atoms with van der Waals surface area (Å²) in [7, 11) is 2.91. The van der Waals surface area contributed by atoms with Crippen LogP contribution in [0.25, 0.3) is 0 Å². The van der Waals surface area contributed by atoms with Crippen molar-refractivity contribution in [3.63, 3.8) is 0 Å². The molecule has 0 aromatic heterocycles. The van der Waals surface area contributed by atoms with Gasteiger partial charge in [0.25, 0.3) is 0 Å². The van der Waals surface area contributed by atoms with E-state index in [1.807, 2.05) is 0 Å². The Morgan fingerprint density at radius 2 is 2.13 bits per heavy atom. The molecule has 0 radical (unpaired) electrons. The summed E-state index contributed by atoms with van der Waals surface area (Å²) in [4.78, 5) is 11.4. The molecule has 4 heteroatoms. The number of hydrogen-bond acceptors (Lipinski definition) is 4. The van der Waals surface area contributed by atoms with Crippen LogP contribution in [-0.4, -0.2) is 37.0 Å². The second-order valence-corrected chi connectivity index (χ2v) is 4.21. The van der Waals surface area contributed by atoms with Crippen LogP contribution in [0.2, 0.25) is 0 Å². The van der Waals surface area contributed by atoms with Crippen LogP contribution in [0.5, 0.6) is 0 Å². The van der Waals surface area contributed by atoms with Crippen molar-refractivity contribution in [1.82, 2.24) is 0 Å². The molecule has 0 aromatic carbocycles. The van der Waals surface area contributed by atoms with E-state index in [-0.39, 0.29) is 12.1 Å². The predicted molar refractivity (Wildman–Crippen MR) is 55.4 cm³/mol. The Morgan fingerprint density at radius 3 is 2.67 bits per heavy atom. The standard InChI is InChI=1S/C11H20O4/c1-8(10(12)15-3)11(13)7-5-4-6-9(11)14-2/h8-9,13H,4-7H2,1-3H3. The number of carbonyl (C=O) groups is 1. The lowest BCUT2D eigenvalue weighted by atomic mass is 9.74. The average molecular weight is 216 g/mol. The van der Waals surface area contributed by atoms with Gasteiger partial charge in [0.2, 0.25) is 0 Å². The zero-order valence-corrected chi connectivity index (χ0v) is 9.66. The first-order valence-corrected chi connectivity index (χ1v) is 5.39. The highest BCUT2D eigenvalue weighted by Crippen LogP contribution is 2.36. The smallest absolute Gasteiger partial charge is 0.311 e. The summed E-state index contributed by atoms with van der Waals surface area (Å²) in [6.45, 7) is 1.70. The summed E-state index contributed by atoms with van der Waals surface area (Å²) >= 11 is 0. The van der Waals surface area contributed by atoms with E-state index in [0.29, 0.717) is 6.42 Å². The Bertz CT molecular complexity index is 229. The van der Waals surface area contributed by atoms with Gasteiger partial charge in [-0.05, 0) is 19.8 Å². The Morgan fingerprint density at radius 1 is 1.47 bits per heavy atom. The van der Waals surface area contributed by atoms with E-state index in [1.165, 1.54) is 7.11 Å². The Labute approximate surface area is 90.6 Å². The second-order valence-electron chi connectivity index (χ2n) is 4.21. The van der Waals surface area contributed by atoms with Gasteiger partial charge < -0.3 is 14.6 Å². The molecule has 88 valence electrons. The summed E-state index contributed by atoms with van der Waals surface area (Å²) in [6.07, 6.45) is 3.10. The second kappa shape index (κ2) is 4.94. The van der Waals surface area contributed by atoms with Crippen LogP contribution < -0.4 is 0 Å². The van der Waals surface area contributed by atoms with Crippen LogP contribution in [-0.2, 0) is 14.3 Å². The van der Waals surface area contributed by atoms with Crippen LogP contribution in [0.3, 0.4) is 0 Å². The van der Waals surface area contributed by atoms with Gasteiger partial charge in [-0.2, -0.15) is 0 Å². The molecular weight excluding hydrogens is 196 g/mol. The monoisotopic (exact) mass is 216 g/mol. The van der Waals surface area contributed by atoms with Crippen LogP contribution in [0.1, 0.15) is 32.6 Å². The minimum absolute atomic E-state index is 0.264. The van der Waals surface area contributed by atoms with E-state index in [1.54, 1.807) is 14.0 Å². The number of rotatable bonds is 3. The third-order valence-electron chi connectivity index (χ3n) is 3.44. The molecule has 1 aliphatic rings. The van der Waals surface area contributed by atoms with Crippen molar-refractivity contribution in [2.45, 2.75) is 44.3 Å². The molecule has 3 atom stereocenters. The fourth-order valence-corrected chi connectivity index (χ4v) is 2.35. The van der Waals surface area contributed by atoms with Gasteiger partial charge in [0, 0.05) is 7.11 Å². The average Bonchev–Trinajstić information content (AvgIpc) is 2.27. The fraction of sp³-hybridized carbons (Fsp3) is 0.909. The molecule has 1 N–H and O–H groups in total. The summed E-state index contributed by atoms with van der Waals surface area (Å²) < 4.78 is 9.93. The Hall–Kier alpha value is -0.610. The van der Waals surface area contributed by atoms with E-state index < -0.39 is 11.5 Å². The maximum absolute atomic E-state index is 11.4. The maximum atomic E-state index is 11.4. The molecule has 1 aliphatic carbocycles. The van der Waals surface area contributed by atoms with Crippen molar-refractivity contribution in [2.24, 2.45) is 5.92 Å². The molecule has 3 unspecified atom stereocenters. The van der Waals surface area contributed by atoms with Gasteiger partial charge in [-0.3, -0.25) is 4.79 Å². The van der Waals surface area contributed by atoms with Crippen molar-refractivity contribution < 1.29 is 19.4 Å². The van der Waals surface area contributed by atoms with Crippen molar-refractivity contribution in [1.29, 1.82) is 0 Å². The molecule has 1 saturated carbocycles. The summed E-state index contributed by atoms with van der Waals surface area (Å²) in [5, 5.41) is 10.5. The van der Waals surface area contributed by atoms with Gasteiger partial charge in [0.15, 0.2) is 0 Å². The van der Waals surface area contributed by atoms with E-state index in [2.05, 4.69) is 4.74 Å². The SMILES string of the molecule is COC(=O)C(C)C1(O)CCCCC1OC. The van der Waals surface area contributed by atoms with E-state index >= 15 is 0 Å². The molecular formula is C11H20O4. The van der Waals surface area contributed by atoms with Crippen LogP contribution >= 0.6 is 0 Å². The summed E-state index contributed by atoms with van der Waals surface area (Å²) in [5.41, 5.74) is -1.07. The number of carbonyl (C=O) groups excluding carboxylic acids is 1.